The molecule has 3 nitrogen and oxygen atoms in total. The Morgan fingerprint density at radius 3 is 2.00 bits per heavy atom. The Hall–Kier alpha value is -0.830. The highest BCUT2D eigenvalue weighted by molar-refractivity contribution is 4.93. The lowest BCUT2D eigenvalue weighted by Crippen LogP contribution is -1.95. The van der Waals surface area contributed by atoms with E-state index in [-0.39, 0.29) is 0 Å². The van der Waals surface area contributed by atoms with Crippen molar-refractivity contribution >= 4 is 0 Å². The van der Waals surface area contributed by atoms with E-state index in [0.29, 0.717) is 12.4 Å². The highest BCUT2D eigenvalue weighted by Gasteiger charge is 1.92. The molecular formula is C9H20N2O. The molecule has 1 aromatic heterocycles. The van der Waals surface area contributed by atoms with Gasteiger partial charge in [-0.2, -0.15) is 0 Å². The van der Waals surface area contributed by atoms with E-state index in [2.05, 4.69) is 4.98 Å². The summed E-state index contributed by atoms with van der Waals surface area (Å²) < 4.78 is 4.86. The molecule has 0 unspecified atom stereocenters. The van der Waals surface area contributed by atoms with Gasteiger partial charge in [-0.25, -0.2) is 4.98 Å². The van der Waals surface area contributed by atoms with Crippen LogP contribution in [0.3, 0.4) is 0 Å². The normalized spacial score (nSPS) is 7.50. The molecule has 0 saturated heterocycles. The summed E-state index contributed by atoms with van der Waals surface area (Å²) in [4.78, 5) is 3.94. The standard InChI is InChI=1S/C5H8N2O.2C2H6/c1-4-7-5(2-6)3-8-4;2*1-2/h3H,2,6H2,1H3;2*1-2H3. The molecule has 72 valence electrons. The number of oxazole rings is 1. The zero-order chi connectivity index (χ0) is 9.98. The van der Waals surface area contributed by atoms with Crippen molar-refractivity contribution in [1.29, 1.82) is 0 Å². The van der Waals surface area contributed by atoms with Crippen LogP contribution >= 0.6 is 0 Å². The molecule has 1 rings (SSSR count). The molecule has 0 amide bonds. The maximum absolute atomic E-state index is 5.24. The van der Waals surface area contributed by atoms with Gasteiger partial charge in [-0.15, -0.1) is 0 Å². The molecule has 0 aliphatic rings. The number of hydrogen-bond donors (Lipinski definition) is 1. The molecule has 0 fully saturated rings. The topological polar surface area (TPSA) is 52.0 Å². The van der Waals surface area contributed by atoms with Crippen molar-refractivity contribution in [3.05, 3.63) is 17.8 Å². The van der Waals surface area contributed by atoms with Crippen LogP contribution in [0.5, 0.6) is 0 Å². The second-order valence-electron chi connectivity index (χ2n) is 1.56. The zero-order valence-electron chi connectivity index (χ0n) is 8.72. The Morgan fingerprint density at radius 1 is 1.33 bits per heavy atom. The van der Waals surface area contributed by atoms with Crippen molar-refractivity contribution in [2.24, 2.45) is 5.73 Å². The zero-order valence-corrected chi connectivity index (χ0v) is 8.72. The van der Waals surface area contributed by atoms with Crippen molar-refractivity contribution in [3.63, 3.8) is 0 Å². The Labute approximate surface area is 75.0 Å². The fraction of sp³-hybridized carbons (Fsp3) is 0.667. The number of nitrogens with zero attached hydrogens (tertiary/aromatic N) is 1. The van der Waals surface area contributed by atoms with Crippen LogP contribution in [0.1, 0.15) is 39.3 Å². The van der Waals surface area contributed by atoms with Gasteiger partial charge < -0.3 is 10.2 Å². The Balaban J connectivity index is 0. The molecule has 0 aromatic carbocycles. The van der Waals surface area contributed by atoms with Crippen LogP contribution < -0.4 is 5.73 Å². The molecule has 0 aliphatic carbocycles. The first-order valence-corrected chi connectivity index (χ1v) is 4.44. The van der Waals surface area contributed by atoms with Gasteiger partial charge in [-0.05, 0) is 0 Å². The maximum Gasteiger partial charge on any atom is 0.191 e. The predicted octanol–water partition coefficient (Wildman–Crippen LogP) is 2.49. The summed E-state index contributed by atoms with van der Waals surface area (Å²) in [6.07, 6.45) is 1.56. The molecule has 0 spiro atoms. The van der Waals surface area contributed by atoms with E-state index in [1.54, 1.807) is 13.2 Å². The quantitative estimate of drug-likeness (QED) is 0.708. The van der Waals surface area contributed by atoms with Gasteiger partial charge in [0.25, 0.3) is 0 Å². The van der Waals surface area contributed by atoms with E-state index < -0.39 is 0 Å². The Kier molecular flexibility index (Phi) is 11.6. The van der Waals surface area contributed by atoms with Gasteiger partial charge in [0.05, 0.1) is 5.69 Å². The van der Waals surface area contributed by atoms with Crippen LogP contribution in [0, 0.1) is 6.92 Å². The third-order valence-electron chi connectivity index (χ3n) is 0.876. The SMILES string of the molecule is CC.CC.Cc1nc(CN)co1. The van der Waals surface area contributed by atoms with E-state index in [4.69, 9.17) is 10.2 Å². The highest BCUT2D eigenvalue weighted by atomic mass is 16.3. The minimum atomic E-state index is 0.456. The fourth-order valence-electron chi connectivity index (χ4n) is 0.502. The largest absolute Gasteiger partial charge is 0.449 e. The maximum atomic E-state index is 5.24. The molecule has 1 heterocycles. The summed E-state index contributed by atoms with van der Waals surface area (Å²) in [5.74, 6) is 0.672. The van der Waals surface area contributed by atoms with Crippen LogP contribution in [-0.4, -0.2) is 4.98 Å². The molecule has 1 aromatic rings. The molecular weight excluding hydrogens is 152 g/mol. The highest BCUT2D eigenvalue weighted by Crippen LogP contribution is 1.96. The van der Waals surface area contributed by atoms with E-state index in [1.165, 1.54) is 0 Å². The average molecular weight is 172 g/mol. The Morgan fingerprint density at radius 2 is 1.83 bits per heavy atom. The van der Waals surface area contributed by atoms with Gasteiger partial charge in [-0.3, -0.25) is 0 Å². The third-order valence-corrected chi connectivity index (χ3v) is 0.876. The van der Waals surface area contributed by atoms with Gasteiger partial charge >= 0.3 is 0 Å². The molecule has 2 N–H and O–H groups in total. The van der Waals surface area contributed by atoms with Crippen LogP contribution in [0.15, 0.2) is 10.7 Å². The van der Waals surface area contributed by atoms with Crippen molar-refractivity contribution in [3.8, 4) is 0 Å². The monoisotopic (exact) mass is 172 g/mol. The molecule has 0 radical (unpaired) electrons. The van der Waals surface area contributed by atoms with Crippen molar-refractivity contribution in [2.75, 3.05) is 0 Å². The molecule has 0 aliphatic heterocycles. The van der Waals surface area contributed by atoms with Crippen LogP contribution in [0.2, 0.25) is 0 Å². The molecule has 12 heavy (non-hydrogen) atoms. The second-order valence-corrected chi connectivity index (χ2v) is 1.56. The third kappa shape index (κ3) is 5.92. The van der Waals surface area contributed by atoms with Gasteiger partial charge in [0.1, 0.15) is 6.26 Å². The minimum absolute atomic E-state index is 0.456. The molecule has 0 saturated carbocycles. The number of aromatic nitrogens is 1. The first kappa shape index (κ1) is 13.7. The first-order chi connectivity index (χ1) is 5.83. The summed E-state index contributed by atoms with van der Waals surface area (Å²) in [6.45, 7) is 10.2. The Bertz CT molecular complexity index is 173. The minimum Gasteiger partial charge on any atom is -0.449 e. The fourth-order valence-corrected chi connectivity index (χ4v) is 0.502. The van der Waals surface area contributed by atoms with E-state index in [1.807, 2.05) is 27.7 Å². The summed E-state index contributed by atoms with van der Waals surface area (Å²) in [7, 11) is 0. The number of hydrogen-bond acceptors (Lipinski definition) is 3. The lowest BCUT2D eigenvalue weighted by atomic mass is 10.5. The summed E-state index contributed by atoms with van der Waals surface area (Å²) >= 11 is 0. The lowest BCUT2D eigenvalue weighted by Gasteiger charge is -1.77. The molecule has 3 heteroatoms. The molecule has 0 bridgehead atoms. The van der Waals surface area contributed by atoms with Gasteiger partial charge in [0.15, 0.2) is 5.89 Å². The first-order valence-electron chi connectivity index (χ1n) is 4.44. The number of rotatable bonds is 1. The van der Waals surface area contributed by atoms with Crippen LogP contribution in [0.25, 0.3) is 0 Å². The predicted molar refractivity (Wildman–Crippen MR) is 51.8 cm³/mol. The number of aryl methyl sites for hydroxylation is 1. The van der Waals surface area contributed by atoms with Gasteiger partial charge in [0.2, 0.25) is 0 Å². The average Bonchev–Trinajstić information content (AvgIpc) is 2.58. The summed E-state index contributed by atoms with van der Waals surface area (Å²) in [5, 5.41) is 0. The van der Waals surface area contributed by atoms with Crippen molar-refractivity contribution < 1.29 is 4.42 Å². The second kappa shape index (κ2) is 10.2. The lowest BCUT2D eigenvalue weighted by molar-refractivity contribution is 0.520. The van der Waals surface area contributed by atoms with Gasteiger partial charge in [0, 0.05) is 13.5 Å². The summed E-state index contributed by atoms with van der Waals surface area (Å²) in [6, 6.07) is 0. The molecule has 0 atom stereocenters. The van der Waals surface area contributed by atoms with E-state index in [0.717, 1.165) is 5.69 Å². The van der Waals surface area contributed by atoms with Crippen LogP contribution in [-0.2, 0) is 6.54 Å². The van der Waals surface area contributed by atoms with Crippen LogP contribution in [0.4, 0.5) is 0 Å². The van der Waals surface area contributed by atoms with E-state index in [9.17, 15) is 0 Å². The van der Waals surface area contributed by atoms with Crippen molar-refractivity contribution in [2.45, 2.75) is 41.2 Å². The van der Waals surface area contributed by atoms with Crippen molar-refractivity contribution in [1.82, 2.24) is 4.98 Å². The van der Waals surface area contributed by atoms with Gasteiger partial charge in [-0.1, -0.05) is 27.7 Å². The van der Waals surface area contributed by atoms with E-state index >= 15 is 0 Å². The smallest absolute Gasteiger partial charge is 0.191 e. The number of nitrogens with two attached hydrogens (primary N) is 1. The summed E-state index contributed by atoms with van der Waals surface area (Å²) in [5.41, 5.74) is 6.05.